The first-order valence-corrected chi connectivity index (χ1v) is 8.10. The lowest BCUT2D eigenvalue weighted by molar-refractivity contribution is -0.146. The number of ether oxygens (including phenoxy) is 2. The first-order chi connectivity index (χ1) is 11.7. The molecule has 24 heavy (non-hydrogen) atoms. The number of esters is 1. The number of fused-ring (bicyclic) bond motifs is 1. The van der Waals surface area contributed by atoms with E-state index in [1.165, 1.54) is 7.11 Å². The second-order valence-electron chi connectivity index (χ2n) is 5.92. The van der Waals surface area contributed by atoms with Gasteiger partial charge >= 0.3 is 5.97 Å². The van der Waals surface area contributed by atoms with Gasteiger partial charge in [-0.25, -0.2) is 4.98 Å². The zero-order valence-corrected chi connectivity index (χ0v) is 13.9. The lowest BCUT2D eigenvalue weighted by atomic mass is 9.82. The summed E-state index contributed by atoms with van der Waals surface area (Å²) in [6, 6.07) is 5.55. The number of rotatable bonds is 2. The monoisotopic (exact) mass is 324 g/mol. The predicted octanol–water partition coefficient (Wildman–Crippen LogP) is 2.97. The summed E-state index contributed by atoms with van der Waals surface area (Å²) in [6.07, 6.45) is 5.28. The van der Waals surface area contributed by atoms with Crippen LogP contribution in [0, 0.1) is 23.7 Å². The Morgan fingerprint density at radius 1 is 1.17 bits per heavy atom. The number of carbonyl (C=O) groups excluding carboxylic acids is 1. The van der Waals surface area contributed by atoms with Gasteiger partial charge in [-0.3, -0.25) is 9.78 Å². The number of hydrogen-bond donors (Lipinski definition) is 0. The van der Waals surface area contributed by atoms with Crippen LogP contribution in [0.15, 0.2) is 24.4 Å². The summed E-state index contributed by atoms with van der Waals surface area (Å²) in [5, 5.41) is 0. The van der Waals surface area contributed by atoms with Gasteiger partial charge in [-0.05, 0) is 37.8 Å². The van der Waals surface area contributed by atoms with Crippen LogP contribution in [0.5, 0.6) is 5.88 Å². The molecule has 3 rings (SSSR count). The summed E-state index contributed by atoms with van der Waals surface area (Å²) in [6.45, 7) is 0. The third kappa shape index (κ3) is 3.48. The number of nitrogens with zero attached hydrogens (tertiary/aromatic N) is 2. The molecule has 0 bridgehead atoms. The minimum Gasteiger partial charge on any atom is -0.481 e. The summed E-state index contributed by atoms with van der Waals surface area (Å²) in [5.74, 6) is 7.36. The molecule has 5 heteroatoms. The molecule has 1 saturated carbocycles. The van der Waals surface area contributed by atoms with Crippen molar-refractivity contribution in [3.63, 3.8) is 0 Å². The highest BCUT2D eigenvalue weighted by Crippen LogP contribution is 2.29. The van der Waals surface area contributed by atoms with E-state index in [0.717, 1.165) is 42.3 Å². The van der Waals surface area contributed by atoms with Crippen LogP contribution in [0.1, 0.15) is 31.2 Å². The molecular weight excluding hydrogens is 304 g/mol. The van der Waals surface area contributed by atoms with E-state index < -0.39 is 0 Å². The second-order valence-corrected chi connectivity index (χ2v) is 5.92. The van der Waals surface area contributed by atoms with Gasteiger partial charge in [0.1, 0.15) is 5.52 Å². The van der Waals surface area contributed by atoms with Crippen molar-refractivity contribution in [1.29, 1.82) is 0 Å². The molecule has 1 aliphatic carbocycles. The highest BCUT2D eigenvalue weighted by Gasteiger charge is 2.25. The van der Waals surface area contributed by atoms with Gasteiger partial charge in [0.05, 0.1) is 31.2 Å². The second kappa shape index (κ2) is 7.31. The Balaban J connectivity index is 1.77. The first kappa shape index (κ1) is 16.3. The van der Waals surface area contributed by atoms with Gasteiger partial charge in [0, 0.05) is 18.2 Å². The Labute approximate surface area is 141 Å². The molecule has 2 aromatic rings. The Kier molecular flexibility index (Phi) is 4.95. The van der Waals surface area contributed by atoms with Gasteiger partial charge in [0.2, 0.25) is 5.88 Å². The van der Waals surface area contributed by atoms with Crippen molar-refractivity contribution in [3.8, 4) is 17.7 Å². The van der Waals surface area contributed by atoms with E-state index in [-0.39, 0.29) is 11.9 Å². The molecular formula is C19H20N2O3. The minimum absolute atomic E-state index is 0.0285. The van der Waals surface area contributed by atoms with Gasteiger partial charge in [0.25, 0.3) is 0 Å². The molecule has 124 valence electrons. The minimum atomic E-state index is -0.0992. The fraction of sp³-hybridized carbons (Fsp3) is 0.421. The van der Waals surface area contributed by atoms with E-state index in [1.807, 2.05) is 12.1 Å². The van der Waals surface area contributed by atoms with Gasteiger partial charge in [-0.1, -0.05) is 11.8 Å². The van der Waals surface area contributed by atoms with Gasteiger partial charge in [0.15, 0.2) is 0 Å². The fourth-order valence-corrected chi connectivity index (χ4v) is 3.04. The largest absolute Gasteiger partial charge is 0.481 e. The standard InChI is InChI=1S/C19H20N2O3/c1-23-17-10-9-16-18(21-17)14(11-12-20-16)6-3-13-4-7-15(8-5-13)19(22)24-2/h9-13,15H,4-5,7-8H2,1-2H3. The average Bonchev–Trinajstić information content (AvgIpc) is 2.65. The van der Waals surface area contributed by atoms with E-state index >= 15 is 0 Å². The molecule has 0 amide bonds. The number of carbonyl (C=O) groups is 1. The predicted molar refractivity (Wildman–Crippen MR) is 90.4 cm³/mol. The van der Waals surface area contributed by atoms with E-state index in [0.29, 0.717) is 11.8 Å². The van der Waals surface area contributed by atoms with Crippen LogP contribution in [0.25, 0.3) is 11.0 Å². The molecule has 0 spiro atoms. The summed E-state index contributed by atoms with van der Waals surface area (Å²) in [5.41, 5.74) is 2.42. The Hall–Kier alpha value is -2.61. The third-order valence-corrected chi connectivity index (χ3v) is 4.44. The quantitative estimate of drug-likeness (QED) is 0.628. The molecule has 1 aliphatic rings. The molecule has 0 unspecified atom stereocenters. The molecule has 1 fully saturated rings. The normalized spacial score (nSPS) is 20.1. The van der Waals surface area contributed by atoms with Crippen LogP contribution < -0.4 is 4.74 Å². The van der Waals surface area contributed by atoms with Crippen molar-refractivity contribution < 1.29 is 14.3 Å². The fourth-order valence-electron chi connectivity index (χ4n) is 3.04. The first-order valence-electron chi connectivity index (χ1n) is 8.10. The molecule has 0 aliphatic heterocycles. The van der Waals surface area contributed by atoms with Crippen LogP contribution in [-0.2, 0) is 9.53 Å². The average molecular weight is 324 g/mol. The highest BCUT2D eigenvalue weighted by atomic mass is 16.5. The number of pyridine rings is 2. The van der Waals surface area contributed by atoms with Crippen molar-refractivity contribution in [1.82, 2.24) is 9.97 Å². The zero-order chi connectivity index (χ0) is 16.9. The molecule has 0 atom stereocenters. The van der Waals surface area contributed by atoms with Crippen LogP contribution in [0.2, 0.25) is 0 Å². The Morgan fingerprint density at radius 3 is 2.67 bits per heavy atom. The van der Waals surface area contributed by atoms with Crippen molar-refractivity contribution in [2.45, 2.75) is 25.7 Å². The topological polar surface area (TPSA) is 61.3 Å². The summed E-state index contributed by atoms with van der Waals surface area (Å²) < 4.78 is 10.0. The molecule has 0 radical (unpaired) electrons. The van der Waals surface area contributed by atoms with Crippen molar-refractivity contribution in [2.75, 3.05) is 14.2 Å². The smallest absolute Gasteiger partial charge is 0.308 e. The van der Waals surface area contributed by atoms with Crippen LogP contribution in [-0.4, -0.2) is 30.2 Å². The van der Waals surface area contributed by atoms with Crippen molar-refractivity contribution >= 4 is 17.0 Å². The van der Waals surface area contributed by atoms with Gasteiger partial charge < -0.3 is 9.47 Å². The van der Waals surface area contributed by atoms with E-state index in [2.05, 4.69) is 21.8 Å². The molecule has 0 N–H and O–H groups in total. The molecule has 2 aromatic heterocycles. The zero-order valence-electron chi connectivity index (χ0n) is 13.9. The number of hydrogen-bond acceptors (Lipinski definition) is 5. The van der Waals surface area contributed by atoms with Crippen molar-refractivity contribution in [2.24, 2.45) is 11.8 Å². The molecule has 0 aromatic carbocycles. The lowest BCUT2D eigenvalue weighted by Crippen LogP contribution is -2.22. The van der Waals surface area contributed by atoms with E-state index in [4.69, 9.17) is 9.47 Å². The lowest BCUT2D eigenvalue weighted by Gasteiger charge is -2.23. The van der Waals surface area contributed by atoms with Crippen LogP contribution in [0.4, 0.5) is 0 Å². The maximum Gasteiger partial charge on any atom is 0.308 e. The Morgan fingerprint density at radius 2 is 1.96 bits per heavy atom. The van der Waals surface area contributed by atoms with Crippen LogP contribution in [0.3, 0.4) is 0 Å². The molecule has 5 nitrogen and oxygen atoms in total. The Bertz CT molecular complexity index is 799. The van der Waals surface area contributed by atoms with E-state index in [1.54, 1.807) is 19.4 Å². The molecule has 0 saturated heterocycles. The summed E-state index contributed by atoms with van der Waals surface area (Å²) in [4.78, 5) is 20.3. The third-order valence-electron chi connectivity index (χ3n) is 4.44. The van der Waals surface area contributed by atoms with Gasteiger partial charge in [-0.15, -0.1) is 0 Å². The number of aromatic nitrogens is 2. The molecule has 2 heterocycles. The SMILES string of the molecule is COC(=O)C1CCC(C#Cc2ccnc3ccc(OC)nc23)CC1. The summed E-state index contributed by atoms with van der Waals surface area (Å²) >= 11 is 0. The van der Waals surface area contributed by atoms with Gasteiger partial charge in [-0.2, -0.15) is 0 Å². The maximum absolute atomic E-state index is 11.6. The highest BCUT2D eigenvalue weighted by molar-refractivity contribution is 5.81. The van der Waals surface area contributed by atoms with Crippen molar-refractivity contribution in [3.05, 3.63) is 30.0 Å². The van der Waals surface area contributed by atoms with E-state index in [9.17, 15) is 4.79 Å². The summed E-state index contributed by atoms with van der Waals surface area (Å²) in [7, 11) is 3.04. The maximum atomic E-state index is 11.6. The number of methoxy groups -OCH3 is 2. The van der Waals surface area contributed by atoms with Crippen LogP contribution >= 0.6 is 0 Å².